The molecule has 0 aromatic heterocycles. The Kier molecular flexibility index (Phi) is 4.54. The second-order valence-corrected chi connectivity index (χ2v) is 4.52. The first-order valence-electron chi connectivity index (χ1n) is 6.14. The zero-order valence-electron chi connectivity index (χ0n) is 10.5. The highest BCUT2D eigenvalue weighted by Gasteiger charge is 2.32. The third kappa shape index (κ3) is 3.00. The van der Waals surface area contributed by atoms with Gasteiger partial charge in [0, 0.05) is 31.2 Å². The maximum atomic E-state index is 9.68. The summed E-state index contributed by atoms with van der Waals surface area (Å²) in [6, 6.07) is 7.71. The van der Waals surface area contributed by atoms with Gasteiger partial charge in [-0.2, -0.15) is 0 Å². The van der Waals surface area contributed by atoms with E-state index in [1.807, 2.05) is 24.3 Å². The van der Waals surface area contributed by atoms with E-state index in [2.05, 4.69) is 10.6 Å². The summed E-state index contributed by atoms with van der Waals surface area (Å²) in [4.78, 5) is 0. The third-order valence-corrected chi connectivity index (χ3v) is 3.27. The van der Waals surface area contributed by atoms with Gasteiger partial charge in [-0.25, -0.2) is 0 Å². The van der Waals surface area contributed by atoms with Crippen LogP contribution in [0.2, 0.25) is 0 Å². The summed E-state index contributed by atoms with van der Waals surface area (Å²) in [6.45, 7) is 1.73. The Labute approximate surface area is 107 Å². The molecule has 0 amide bonds. The molecule has 1 saturated heterocycles. The smallest absolute Gasteiger partial charge is 0.123 e. The second-order valence-electron chi connectivity index (χ2n) is 4.52. The van der Waals surface area contributed by atoms with Crippen molar-refractivity contribution < 1.29 is 14.9 Å². The number of methoxy groups -OCH3 is 1. The number of nitrogens with one attached hydrogen (secondary N) is 2. The summed E-state index contributed by atoms with van der Waals surface area (Å²) in [6.07, 6.45) is -1.36. The van der Waals surface area contributed by atoms with Gasteiger partial charge in [-0.3, -0.25) is 0 Å². The van der Waals surface area contributed by atoms with Crippen LogP contribution in [0.4, 0.5) is 0 Å². The van der Waals surface area contributed by atoms with E-state index in [1.165, 1.54) is 0 Å². The van der Waals surface area contributed by atoms with E-state index in [-0.39, 0.29) is 6.04 Å². The van der Waals surface area contributed by atoms with Gasteiger partial charge < -0.3 is 25.6 Å². The number of ether oxygens (including phenoxy) is 1. The lowest BCUT2D eigenvalue weighted by Crippen LogP contribution is -2.41. The van der Waals surface area contributed by atoms with Crippen LogP contribution in [0.1, 0.15) is 5.56 Å². The lowest BCUT2D eigenvalue weighted by Gasteiger charge is -2.17. The standard InChI is InChI=1S/C13H20N2O3/c1-18-12-5-3-2-4-9(12)6-14-7-10-13(17)11(16)8-15-10/h2-5,10-11,13-17H,6-8H2,1H3/t10-,11+,13-/m1/s1. The van der Waals surface area contributed by atoms with Crippen LogP contribution < -0.4 is 15.4 Å². The van der Waals surface area contributed by atoms with Crippen LogP contribution in [-0.4, -0.2) is 48.7 Å². The zero-order valence-corrected chi connectivity index (χ0v) is 10.5. The van der Waals surface area contributed by atoms with Gasteiger partial charge in [-0.05, 0) is 6.07 Å². The van der Waals surface area contributed by atoms with Crippen molar-refractivity contribution in [3.05, 3.63) is 29.8 Å². The van der Waals surface area contributed by atoms with E-state index in [4.69, 9.17) is 4.74 Å². The topological polar surface area (TPSA) is 73.8 Å². The van der Waals surface area contributed by atoms with Crippen molar-refractivity contribution in [2.75, 3.05) is 20.2 Å². The molecule has 0 radical (unpaired) electrons. The van der Waals surface area contributed by atoms with Crippen molar-refractivity contribution in [3.8, 4) is 5.75 Å². The minimum absolute atomic E-state index is 0.102. The highest BCUT2D eigenvalue weighted by atomic mass is 16.5. The monoisotopic (exact) mass is 252 g/mol. The first-order chi connectivity index (χ1) is 8.72. The van der Waals surface area contributed by atoms with Crippen LogP contribution in [0.3, 0.4) is 0 Å². The number of hydrogen-bond acceptors (Lipinski definition) is 5. The fourth-order valence-electron chi connectivity index (χ4n) is 2.19. The molecule has 0 unspecified atom stereocenters. The van der Waals surface area contributed by atoms with Crippen molar-refractivity contribution in [2.45, 2.75) is 24.8 Å². The fourth-order valence-corrected chi connectivity index (χ4v) is 2.19. The average Bonchev–Trinajstić information content (AvgIpc) is 2.71. The van der Waals surface area contributed by atoms with E-state index in [0.29, 0.717) is 19.6 Å². The van der Waals surface area contributed by atoms with Gasteiger partial charge in [0.25, 0.3) is 0 Å². The van der Waals surface area contributed by atoms with E-state index in [9.17, 15) is 10.2 Å². The highest BCUT2D eigenvalue weighted by molar-refractivity contribution is 5.32. The molecule has 0 spiro atoms. The maximum absolute atomic E-state index is 9.68. The minimum Gasteiger partial charge on any atom is -0.496 e. The lowest BCUT2D eigenvalue weighted by molar-refractivity contribution is 0.0407. The van der Waals surface area contributed by atoms with Crippen molar-refractivity contribution >= 4 is 0 Å². The molecule has 2 rings (SSSR count). The fraction of sp³-hybridized carbons (Fsp3) is 0.538. The SMILES string of the molecule is COc1ccccc1CNC[C@H]1NC[C@H](O)[C@@H]1O. The number of rotatable bonds is 5. The van der Waals surface area contributed by atoms with Crippen molar-refractivity contribution in [3.63, 3.8) is 0 Å². The molecule has 1 heterocycles. The predicted molar refractivity (Wildman–Crippen MR) is 68.5 cm³/mol. The minimum atomic E-state index is -0.699. The largest absolute Gasteiger partial charge is 0.496 e. The normalized spacial score (nSPS) is 27.4. The Morgan fingerprint density at radius 2 is 2.17 bits per heavy atom. The van der Waals surface area contributed by atoms with Crippen LogP contribution in [0.25, 0.3) is 0 Å². The van der Waals surface area contributed by atoms with Gasteiger partial charge in [0.1, 0.15) is 5.75 Å². The summed E-state index contributed by atoms with van der Waals surface area (Å²) in [5.74, 6) is 0.852. The molecule has 100 valence electrons. The molecule has 3 atom stereocenters. The predicted octanol–water partition coefficient (Wildman–Crippen LogP) is -0.522. The Morgan fingerprint density at radius 3 is 2.83 bits per heavy atom. The number of β-amino-alcohol motifs (C(OH)–C–C–N with tert-alkyl or cyclic N) is 1. The van der Waals surface area contributed by atoms with Crippen LogP contribution in [0.5, 0.6) is 5.75 Å². The van der Waals surface area contributed by atoms with Crippen molar-refractivity contribution in [1.29, 1.82) is 0 Å². The molecule has 1 aromatic rings. The summed E-state index contributed by atoms with van der Waals surface area (Å²) in [7, 11) is 1.65. The summed E-state index contributed by atoms with van der Waals surface area (Å²) in [5, 5.41) is 25.4. The van der Waals surface area contributed by atoms with Crippen LogP contribution in [0.15, 0.2) is 24.3 Å². The quantitative estimate of drug-likeness (QED) is 0.567. The molecular formula is C13H20N2O3. The third-order valence-electron chi connectivity index (χ3n) is 3.27. The lowest BCUT2D eigenvalue weighted by atomic mass is 10.1. The first kappa shape index (κ1) is 13.3. The highest BCUT2D eigenvalue weighted by Crippen LogP contribution is 2.16. The Balaban J connectivity index is 1.82. The molecular weight excluding hydrogens is 232 g/mol. The molecule has 18 heavy (non-hydrogen) atoms. The molecule has 0 bridgehead atoms. The Morgan fingerprint density at radius 1 is 1.39 bits per heavy atom. The van der Waals surface area contributed by atoms with E-state index in [0.717, 1.165) is 11.3 Å². The first-order valence-corrected chi connectivity index (χ1v) is 6.14. The van der Waals surface area contributed by atoms with Gasteiger partial charge in [-0.1, -0.05) is 18.2 Å². The number of para-hydroxylation sites is 1. The van der Waals surface area contributed by atoms with E-state index in [1.54, 1.807) is 7.11 Å². The van der Waals surface area contributed by atoms with Crippen molar-refractivity contribution in [1.82, 2.24) is 10.6 Å². The molecule has 1 aliphatic rings. The molecule has 1 aliphatic heterocycles. The average molecular weight is 252 g/mol. The zero-order chi connectivity index (χ0) is 13.0. The van der Waals surface area contributed by atoms with E-state index >= 15 is 0 Å². The summed E-state index contributed by atoms with van der Waals surface area (Å²) >= 11 is 0. The Hall–Kier alpha value is -1.14. The molecule has 1 aromatic carbocycles. The van der Waals surface area contributed by atoms with Crippen molar-refractivity contribution in [2.24, 2.45) is 0 Å². The van der Waals surface area contributed by atoms with E-state index < -0.39 is 12.2 Å². The molecule has 5 heteroatoms. The summed E-state index contributed by atoms with van der Waals surface area (Å²) < 4.78 is 5.26. The van der Waals surface area contributed by atoms with Crippen LogP contribution in [0, 0.1) is 0 Å². The van der Waals surface area contributed by atoms with Gasteiger partial charge in [0.2, 0.25) is 0 Å². The molecule has 1 fully saturated rings. The van der Waals surface area contributed by atoms with Crippen LogP contribution in [-0.2, 0) is 6.54 Å². The maximum Gasteiger partial charge on any atom is 0.123 e. The van der Waals surface area contributed by atoms with Crippen LogP contribution >= 0.6 is 0 Å². The molecule has 4 N–H and O–H groups in total. The molecule has 0 saturated carbocycles. The van der Waals surface area contributed by atoms with Gasteiger partial charge in [0.15, 0.2) is 0 Å². The number of benzene rings is 1. The Bertz CT molecular complexity index is 386. The number of aliphatic hydroxyl groups excluding tert-OH is 2. The number of aliphatic hydroxyl groups is 2. The second kappa shape index (κ2) is 6.15. The van der Waals surface area contributed by atoms with Gasteiger partial charge in [0.05, 0.1) is 19.3 Å². The van der Waals surface area contributed by atoms with Gasteiger partial charge in [-0.15, -0.1) is 0 Å². The number of hydrogen-bond donors (Lipinski definition) is 4. The molecule has 5 nitrogen and oxygen atoms in total. The summed E-state index contributed by atoms with van der Waals surface area (Å²) in [5.41, 5.74) is 1.08. The molecule has 0 aliphatic carbocycles. The van der Waals surface area contributed by atoms with Gasteiger partial charge >= 0.3 is 0 Å².